The van der Waals surface area contributed by atoms with Crippen molar-refractivity contribution in [1.29, 1.82) is 0 Å². The number of nitrogens with zero attached hydrogens (tertiary/aromatic N) is 5. The van der Waals surface area contributed by atoms with Crippen molar-refractivity contribution < 1.29 is 0 Å². The van der Waals surface area contributed by atoms with Crippen molar-refractivity contribution in [1.82, 2.24) is 24.7 Å². The highest BCUT2D eigenvalue weighted by molar-refractivity contribution is 7.16. The summed E-state index contributed by atoms with van der Waals surface area (Å²) in [5.41, 5.74) is 0. The van der Waals surface area contributed by atoms with Crippen molar-refractivity contribution in [2.45, 2.75) is 27.3 Å². The molecule has 6 nitrogen and oxygen atoms in total. The molecule has 0 saturated carbocycles. The number of aryl methyl sites for hydroxylation is 2. The zero-order valence-electron chi connectivity index (χ0n) is 11.7. The maximum Gasteiger partial charge on any atom is 0.153 e. The van der Waals surface area contributed by atoms with Gasteiger partial charge in [0.2, 0.25) is 0 Å². The van der Waals surface area contributed by atoms with Crippen molar-refractivity contribution in [2.75, 3.05) is 11.9 Å². The zero-order valence-corrected chi connectivity index (χ0v) is 12.5. The van der Waals surface area contributed by atoms with Gasteiger partial charge in [0.15, 0.2) is 5.82 Å². The summed E-state index contributed by atoms with van der Waals surface area (Å²) in [5.74, 6) is 3.29. The highest BCUT2D eigenvalue weighted by Gasteiger charge is 2.10. The minimum atomic E-state index is 0.541. The van der Waals surface area contributed by atoms with E-state index in [1.807, 2.05) is 30.0 Å². The number of aromatic nitrogens is 5. The van der Waals surface area contributed by atoms with Crippen molar-refractivity contribution in [2.24, 2.45) is 0 Å². The van der Waals surface area contributed by atoms with Crippen LogP contribution in [0.25, 0.3) is 10.2 Å². The van der Waals surface area contributed by atoms with E-state index in [1.165, 1.54) is 0 Å². The van der Waals surface area contributed by atoms with Crippen molar-refractivity contribution in [3.05, 3.63) is 28.9 Å². The van der Waals surface area contributed by atoms with Crippen LogP contribution in [0.15, 0.2) is 11.4 Å². The van der Waals surface area contributed by atoms with E-state index in [0.717, 1.165) is 40.1 Å². The molecule has 3 aromatic heterocycles. The molecule has 3 heterocycles. The van der Waals surface area contributed by atoms with Gasteiger partial charge in [-0.25, -0.2) is 19.6 Å². The van der Waals surface area contributed by atoms with Gasteiger partial charge >= 0.3 is 0 Å². The Morgan fingerprint density at radius 2 is 2.10 bits per heavy atom. The number of fused-ring (bicyclic) bond motifs is 1. The summed E-state index contributed by atoms with van der Waals surface area (Å²) in [5, 5.41) is 10.8. The molecule has 0 aromatic carbocycles. The Bertz CT molecular complexity index is 744. The molecule has 0 fully saturated rings. The summed E-state index contributed by atoms with van der Waals surface area (Å²) >= 11 is 1.63. The molecule has 0 bridgehead atoms. The fraction of sp³-hybridized carbons (Fsp3) is 0.385. The van der Waals surface area contributed by atoms with E-state index < -0.39 is 0 Å². The molecule has 0 spiro atoms. The third kappa shape index (κ3) is 2.36. The largest absolute Gasteiger partial charge is 0.370 e. The summed E-state index contributed by atoms with van der Waals surface area (Å²) in [4.78, 5) is 14.5. The molecule has 3 rings (SSSR count). The van der Waals surface area contributed by atoms with Crippen molar-refractivity contribution in [3.63, 3.8) is 0 Å². The second kappa shape index (κ2) is 5.16. The number of thiophene rings is 1. The Kier molecular flexibility index (Phi) is 3.35. The molecule has 3 aromatic rings. The van der Waals surface area contributed by atoms with E-state index in [-0.39, 0.29) is 0 Å². The first kappa shape index (κ1) is 13.0. The van der Waals surface area contributed by atoms with Crippen molar-refractivity contribution >= 4 is 27.4 Å². The fourth-order valence-electron chi connectivity index (χ4n) is 2.12. The minimum Gasteiger partial charge on any atom is -0.370 e. The van der Waals surface area contributed by atoms with Crippen LogP contribution < -0.4 is 5.32 Å². The van der Waals surface area contributed by atoms with Gasteiger partial charge in [-0.3, -0.25) is 0 Å². The van der Waals surface area contributed by atoms with Crippen LogP contribution in [-0.4, -0.2) is 31.3 Å². The molecule has 0 saturated heterocycles. The molecule has 20 heavy (non-hydrogen) atoms. The Balaban J connectivity index is 2.00. The highest BCUT2D eigenvalue weighted by atomic mass is 32.1. The molecule has 0 amide bonds. The van der Waals surface area contributed by atoms with E-state index >= 15 is 0 Å². The Morgan fingerprint density at radius 1 is 1.25 bits per heavy atom. The van der Waals surface area contributed by atoms with Crippen LogP contribution in [-0.2, 0) is 6.54 Å². The maximum absolute atomic E-state index is 4.60. The van der Waals surface area contributed by atoms with Gasteiger partial charge < -0.3 is 5.32 Å². The number of anilines is 1. The average molecular weight is 288 g/mol. The third-order valence-corrected chi connectivity index (χ3v) is 3.78. The van der Waals surface area contributed by atoms with Crippen molar-refractivity contribution in [3.8, 4) is 0 Å². The molecule has 0 atom stereocenters. The van der Waals surface area contributed by atoms with Gasteiger partial charge in [-0.2, -0.15) is 5.10 Å². The lowest BCUT2D eigenvalue weighted by Crippen LogP contribution is -2.10. The molecule has 7 heteroatoms. The first-order chi connectivity index (χ1) is 9.67. The van der Waals surface area contributed by atoms with Crippen LogP contribution in [0, 0.1) is 13.8 Å². The fourth-order valence-corrected chi connectivity index (χ4v) is 2.90. The molecule has 104 valence electrons. The van der Waals surface area contributed by atoms with Crippen LogP contribution in [0.3, 0.4) is 0 Å². The van der Waals surface area contributed by atoms with Crippen LogP contribution in [0.1, 0.15) is 24.4 Å². The number of hydrogen-bond donors (Lipinski definition) is 1. The summed E-state index contributed by atoms with van der Waals surface area (Å²) in [6.07, 6.45) is 0. The number of nitrogens with one attached hydrogen (secondary N) is 1. The van der Waals surface area contributed by atoms with Crippen LogP contribution in [0.2, 0.25) is 0 Å². The van der Waals surface area contributed by atoms with E-state index in [1.54, 1.807) is 11.3 Å². The first-order valence-corrected chi connectivity index (χ1v) is 7.41. The van der Waals surface area contributed by atoms with E-state index in [4.69, 9.17) is 0 Å². The van der Waals surface area contributed by atoms with Gasteiger partial charge in [0.05, 0.1) is 5.39 Å². The van der Waals surface area contributed by atoms with E-state index in [2.05, 4.69) is 32.3 Å². The summed E-state index contributed by atoms with van der Waals surface area (Å²) in [6, 6.07) is 2.05. The second-order valence-electron chi connectivity index (χ2n) is 4.52. The Hall–Kier alpha value is -2.02. The molecule has 0 aliphatic rings. The van der Waals surface area contributed by atoms with Gasteiger partial charge in [-0.05, 0) is 32.2 Å². The minimum absolute atomic E-state index is 0.541. The predicted molar refractivity (Wildman–Crippen MR) is 80.2 cm³/mol. The van der Waals surface area contributed by atoms with Gasteiger partial charge in [-0.1, -0.05) is 0 Å². The lowest BCUT2D eigenvalue weighted by Gasteiger charge is -2.07. The standard InChI is InChI=1S/C13H16N6S/c1-4-14-12-10-5-6-20-13(10)17-11(16-12)7-19-9(3)15-8(2)18-19/h5-6H,4,7H2,1-3H3,(H,14,16,17). The monoisotopic (exact) mass is 288 g/mol. The van der Waals surface area contributed by atoms with Gasteiger partial charge in [0.25, 0.3) is 0 Å². The summed E-state index contributed by atoms with van der Waals surface area (Å²) in [6.45, 7) is 7.26. The quantitative estimate of drug-likeness (QED) is 0.798. The maximum atomic E-state index is 4.60. The molecular weight excluding hydrogens is 272 g/mol. The van der Waals surface area contributed by atoms with Gasteiger partial charge in [0.1, 0.15) is 28.8 Å². The second-order valence-corrected chi connectivity index (χ2v) is 5.42. The smallest absolute Gasteiger partial charge is 0.153 e. The zero-order chi connectivity index (χ0) is 14.1. The van der Waals surface area contributed by atoms with Crippen LogP contribution >= 0.6 is 11.3 Å². The number of hydrogen-bond acceptors (Lipinski definition) is 6. The summed E-state index contributed by atoms with van der Waals surface area (Å²) < 4.78 is 1.83. The molecule has 0 unspecified atom stereocenters. The molecule has 1 N–H and O–H groups in total. The SMILES string of the molecule is CCNc1nc(Cn2nc(C)nc2C)nc2sccc12. The average Bonchev–Trinajstić information content (AvgIpc) is 2.97. The molecule has 0 aliphatic heterocycles. The van der Waals surface area contributed by atoms with Gasteiger partial charge in [-0.15, -0.1) is 11.3 Å². The molecule has 0 radical (unpaired) electrons. The molecular formula is C13H16N6S. The van der Waals surface area contributed by atoms with Gasteiger partial charge in [0, 0.05) is 6.54 Å². The highest BCUT2D eigenvalue weighted by Crippen LogP contribution is 2.25. The number of rotatable bonds is 4. The normalized spacial score (nSPS) is 11.2. The summed E-state index contributed by atoms with van der Waals surface area (Å²) in [7, 11) is 0. The lowest BCUT2D eigenvalue weighted by atomic mass is 10.3. The van der Waals surface area contributed by atoms with E-state index in [0.29, 0.717) is 6.54 Å². The topological polar surface area (TPSA) is 68.5 Å². The molecule has 0 aliphatic carbocycles. The Labute approximate surface area is 120 Å². The van der Waals surface area contributed by atoms with Crippen LogP contribution in [0.5, 0.6) is 0 Å². The van der Waals surface area contributed by atoms with E-state index in [9.17, 15) is 0 Å². The van der Waals surface area contributed by atoms with Crippen LogP contribution in [0.4, 0.5) is 5.82 Å². The predicted octanol–water partition coefficient (Wildman–Crippen LogP) is 2.38. The Morgan fingerprint density at radius 3 is 2.80 bits per heavy atom. The first-order valence-electron chi connectivity index (χ1n) is 6.53. The third-order valence-electron chi connectivity index (χ3n) is 2.97. The lowest BCUT2D eigenvalue weighted by molar-refractivity contribution is 0.632.